The van der Waals surface area contributed by atoms with E-state index in [1.54, 1.807) is 11.3 Å². The lowest BCUT2D eigenvalue weighted by Crippen LogP contribution is -2.40. The Kier molecular flexibility index (Phi) is 4.43. The number of hydrogen-bond donors (Lipinski definition) is 1. The third kappa shape index (κ3) is 2.99. The summed E-state index contributed by atoms with van der Waals surface area (Å²) in [7, 11) is 0. The first-order valence-corrected chi connectivity index (χ1v) is 8.52. The van der Waals surface area contributed by atoms with E-state index in [0.717, 1.165) is 19.3 Å². The summed E-state index contributed by atoms with van der Waals surface area (Å²) in [5, 5.41) is 12.6. The quantitative estimate of drug-likeness (QED) is 0.920. The van der Waals surface area contributed by atoms with Crippen molar-refractivity contribution in [3.05, 3.63) is 35.2 Å². The van der Waals surface area contributed by atoms with Crippen LogP contribution in [0.15, 0.2) is 29.6 Å². The molecule has 1 aliphatic heterocycles. The molecule has 0 radical (unpaired) electrons. The summed E-state index contributed by atoms with van der Waals surface area (Å²) in [6, 6.07) is 7.67. The van der Waals surface area contributed by atoms with Crippen molar-refractivity contribution < 1.29 is 14.7 Å². The Labute approximate surface area is 133 Å². The number of aryl methyl sites for hydroxylation is 1. The summed E-state index contributed by atoms with van der Waals surface area (Å²) in [6.45, 7) is 0.581. The molecule has 1 atom stereocenters. The molecule has 1 N–H and O–H groups in total. The third-order valence-electron chi connectivity index (χ3n) is 4.26. The highest BCUT2D eigenvalue weighted by atomic mass is 32.1. The molecular formula is C17H19NO3S. The van der Waals surface area contributed by atoms with E-state index >= 15 is 0 Å². The predicted octanol–water partition coefficient (Wildman–Crippen LogP) is 3.30. The summed E-state index contributed by atoms with van der Waals surface area (Å²) in [4.78, 5) is 24.9. The second-order valence-electron chi connectivity index (χ2n) is 5.69. The molecule has 0 bridgehead atoms. The number of hydrogen-bond acceptors (Lipinski definition) is 3. The molecule has 0 aliphatic carbocycles. The van der Waals surface area contributed by atoms with Crippen LogP contribution >= 0.6 is 11.3 Å². The van der Waals surface area contributed by atoms with Crippen LogP contribution in [0, 0.1) is 0 Å². The molecule has 0 unspecified atom stereocenters. The number of rotatable bonds is 5. The second kappa shape index (κ2) is 6.48. The van der Waals surface area contributed by atoms with Crippen LogP contribution in [0.4, 0.5) is 0 Å². The third-order valence-corrected chi connectivity index (χ3v) is 5.27. The molecule has 1 saturated heterocycles. The number of carboxylic acids is 1. The lowest BCUT2D eigenvalue weighted by atomic mass is 10.1. The van der Waals surface area contributed by atoms with Gasteiger partial charge in [0.15, 0.2) is 0 Å². The molecule has 4 nitrogen and oxygen atoms in total. The molecule has 0 saturated carbocycles. The van der Waals surface area contributed by atoms with Crippen molar-refractivity contribution in [1.82, 2.24) is 4.90 Å². The van der Waals surface area contributed by atoms with Gasteiger partial charge in [0.25, 0.3) is 0 Å². The number of benzene rings is 1. The first-order valence-electron chi connectivity index (χ1n) is 7.64. The average molecular weight is 317 g/mol. The molecule has 116 valence electrons. The fourth-order valence-corrected chi connectivity index (χ4v) is 4.12. The molecule has 2 aromatic rings. The number of aliphatic carboxylic acids is 1. The van der Waals surface area contributed by atoms with Crippen LogP contribution in [0.5, 0.6) is 0 Å². The lowest BCUT2D eigenvalue weighted by molar-refractivity contribution is -0.148. The molecule has 1 amide bonds. The fourth-order valence-electron chi connectivity index (χ4n) is 3.12. The van der Waals surface area contributed by atoms with Crippen LogP contribution in [0.3, 0.4) is 0 Å². The number of carboxylic acid groups (broad SMARTS) is 1. The van der Waals surface area contributed by atoms with Crippen molar-refractivity contribution in [1.29, 1.82) is 0 Å². The Bertz CT molecular complexity index is 694. The average Bonchev–Trinajstić information content (AvgIpc) is 3.14. The Morgan fingerprint density at radius 3 is 2.95 bits per heavy atom. The van der Waals surface area contributed by atoms with Gasteiger partial charge in [0, 0.05) is 17.7 Å². The number of likely N-dealkylation sites (tertiary alicyclic amines) is 1. The number of thiophene rings is 1. The van der Waals surface area contributed by atoms with Gasteiger partial charge in [-0.3, -0.25) is 4.79 Å². The molecule has 5 heteroatoms. The highest BCUT2D eigenvalue weighted by Crippen LogP contribution is 2.27. The van der Waals surface area contributed by atoms with E-state index < -0.39 is 12.0 Å². The van der Waals surface area contributed by atoms with Crippen LogP contribution in [0.1, 0.15) is 31.2 Å². The van der Waals surface area contributed by atoms with Gasteiger partial charge in [0.05, 0.1) is 0 Å². The smallest absolute Gasteiger partial charge is 0.326 e. The van der Waals surface area contributed by atoms with Gasteiger partial charge in [0.2, 0.25) is 5.91 Å². The molecule has 3 rings (SSSR count). The van der Waals surface area contributed by atoms with E-state index in [1.807, 2.05) is 12.1 Å². The van der Waals surface area contributed by atoms with E-state index in [1.165, 1.54) is 20.5 Å². The number of amides is 1. The predicted molar refractivity (Wildman–Crippen MR) is 87.1 cm³/mol. The van der Waals surface area contributed by atoms with Crippen molar-refractivity contribution in [3.8, 4) is 0 Å². The van der Waals surface area contributed by atoms with Crippen molar-refractivity contribution in [2.75, 3.05) is 6.54 Å². The zero-order valence-electron chi connectivity index (χ0n) is 12.3. The summed E-state index contributed by atoms with van der Waals surface area (Å²) in [6.07, 6.45) is 3.42. The Morgan fingerprint density at radius 2 is 2.14 bits per heavy atom. The molecule has 1 aliphatic rings. The van der Waals surface area contributed by atoms with Crippen LogP contribution in [0.25, 0.3) is 10.1 Å². The van der Waals surface area contributed by atoms with Crippen molar-refractivity contribution in [2.45, 2.75) is 38.1 Å². The van der Waals surface area contributed by atoms with E-state index in [9.17, 15) is 9.59 Å². The van der Waals surface area contributed by atoms with E-state index in [2.05, 4.69) is 17.5 Å². The van der Waals surface area contributed by atoms with Gasteiger partial charge in [-0.15, -0.1) is 11.3 Å². The standard InChI is InChI=1S/C17H19NO3S/c19-16(18-10-4-7-14(18)17(20)21)9-3-5-12-11-22-15-8-2-1-6-13(12)15/h1-2,6,8,11,14H,3-5,7,9-10H2,(H,20,21)/t14-/m0/s1. The largest absolute Gasteiger partial charge is 0.480 e. The molecule has 2 heterocycles. The molecular weight excluding hydrogens is 298 g/mol. The van der Waals surface area contributed by atoms with Gasteiger partial charge in [0.1, 0.15) is 6.04 Å². The maximum Gasteiger partial charge on any atom is 0.326 e. The molecule has 1 aromatic heterocycles. The van der Waals surface area contributed by atoms with Crippen LogP contribution in [-0.4, -0.2) is 34.5 Å². The number of fused-ring (bicyclic) bond motifs is 1. The van der Waals surface area contributed by atoms with Crippen LogP contribution in [-0.2, 0) is 16.0 Å². The summed E-state index contributed by atoms with van der Waals surface area (Å²) < 4.78 is 1.27. The van der Waals surface area contributed by atoms with Gasteiger partial charge >= 0.3 is 5.97 Å². The number of carbonyl (C=O) groups is 2. The first kappa shape index (κ1) is 15.0. The number of nitrogens with zero attached hydrogens (tertiary/aromatic N) is 1. The van der Waals surface area contributed by atoms with Crippen LogP contribution in [0.2, 0.25) is 0 Å². The normalized spacial score (nSPS) is 18.0. The fraction of sp³-hybridized carbons (Fsp3) is 0.412. The van der Waals surface area contributed by atoms with Gasteiger partial charge in [-0.1, -0.05) is 18.2 Å². The lowest BCUT2D eigenvalue weighted by Gasteiger charge is -2.21. The van der Waals surface area contributed by atoms with E-state index in [0.29, 0.717) is 19.4 Å². The van der Waals surface area contributed by atoms with Gasteiger partial charge in [-0.05, 0) is 48.1 Å². The number of carbonyl (C=O) groups excluding carboxylic acids is 1. The monoisotopic (exact) mass is 317 g/mol. The van der Waals surface area contributed by atoms with Crippen LogP contribution < -0.4 is 0 Å². The Morgan fingerprint density at radius 1 is 1.32 bits per heavy atom. The van der Waals surface area contributed by atoms with Crippen molar-refractivity contribution in [3.63, 3.8) is 0 Å². The second-order valence-corrected chi connectivity index (χ2v) is 6.61. The summed E-state index contributed by atoms with van der Waals surface area (Å²) >= 11 is 1.73. The molecule has 0 spiro atoms. The van der Waals surface area contributed by atoms with Gasteiger partial charge in [-0.2, -0.15) is 0 Å². The van der Waals surface area contributed by atoms with E-state index in [4.69, 9.17) is 5.11 Å². The molecule has 1 fully saturated rings. The first-order chi connectivity index (χ1) is 10.7. The SMILES string of the molecule is O=C(O)[C@@H]1CCCN1C(=O)CCCc1csc2ccccc12. The summed E-state index contributed by atoms with van der Waals surface area (Å²) in [5.74, 6) is -0.904. The van der Waals surface area contributed by atoms with Crippen molar-refractivity contribution in [2.24, 2.45) is 0 Å². The van der Waals surface area contributed by atoms with Gasteiger partial charge < -0.3 is 10.0 Å². The molecule has 22 heavy (non-hydrogen) atoms. The minimum Gasteiger partial charge on any atom is -0.480 e. The Hall–Kier alpha value is -1.88. The highest BCUT2D eigenvalue weighted by molar-refractivity contribution is 7.17. The van der Waals surface area contributed by atoms with Gasteiger partial charge in [-0.25, -0.2) is 4.79 Å². The molecule has 1 aromatic carbocycles. The highest BCUT2D eigenvalue weighted by Gasteiger charge is 2.33. The zero-order valence-corrected chi connectivity index (χ0v) is 13.1. The Balaban J connectivity index is 1.57. The topological polar surface area (TPSA) is 57.6 Å². The van der Waals surface area contributed by atoms with E-state index in [-0.39, 0.29) is 5.91 Å². The minimum atomic E-state index is -0.880. The summed E-state index contributed by atoms with van der Waals surface area (Å²) in [5.41, 5.74) is 1.28. The van der Waals surface area contributed by atoms with Crippen molar-refractivity contribution >= 4 is 33.3 Å². The maximum atomic E-state index is 12.2. The minimum absolute atomic E-state index is 0.0237. The zero-order chi connectivity index (χ0) is 15.5. The maximum absolute atomic E-state index is 12.2.